The average Bonchev–Trinajstić information content (AvgIpc) is 2.74. The maximum atomic E-state index is 13.0. The minimum absolute atomic E-state index is 0.141. The summed E-state index contributed by atoms with van der Waals surface area (Å²) in [6, 6.07) is 19.8. The first-order chi connectivity index (χ1) is 14.7. The second kappa shape index (κ2) is 10.1. The molecule has 0 unspecified atom stereocenters. The zero-order valence-electron chi connectivity index (χ0n) is 16.3. The lowest BCUT2D eigenvalue weighted by Crippen LogP contribution is -2.19. The Morgan fingerprint density at radius 3 is 2.23 bits per heavy atom. The fourth-order valence-electron chi connectivity index (χ4n) is 2.97. The standard InChI is InChI=1S/C23H19Cl2NO4S/c24-17-10-11-21(19(14-17)23(28)18-8-4-5-9-20(18)25)26-22(27)12-13-31(29,30)15-16-6-2-1-3-7-16/h1-11,14H,12-13,15H2,(H,26,27). The van der Waals surface area contributed by atoms with Gasteiger partial charge in [-0.2, -0.15) is 0 Å². The number of benzene rings is 3. The smallest absolute Gasteiger partial charge is 0.225 e. The highest BCUT2D eigenvalue weighted by Gasteiger charge is 2.19. The lowest BCUT2D eigenvalue weighted by atomic mass is 10.0. The molecule has 160 valence electrons. The Balaban J connectivity index is 1.72. The summed E-state index contributed by atoms with van der Waals surface area (Å²) >= 11 is 12.2. The van der Waals surface area contributed by atoms with Crippen molar-refractivity contribution >= 4 is 50.4 Å². The van der Waals surface area contributed by atoms with Crippen molar-refractivity contribution in [2.75, 3.05) is 11.1 Å². The summed E-state index contributed by atoms with van der Waals surface area (Å²) in [7, 11) is -3.47. The molecule has 0 spiro atoms. The number of hydrogen-bond donors (Lipinski definition) is 1. The molecule has 0 aliphatic heterocycles. The van der Waals surface area contributed by atoms with Gasteiger partial charge in [0.15, 0.2) is 15.6 Å². The molecule has 0 atom stereocenters. The number of ketones is 1. The topological polar surface area (TPSA) is 80.3 Å². The maximum absolute atomic E-state index is 13.0. The van der Waals surface area contributed by atoms with Gasteiger partial charge in [-0.25, -0.2) is 8.42 Å². The van der Waals surface area contributed by atoms with Crippen LogP contribution in [-0.4, -0.2) is 25.9 Å². The normalized spacial score (nSPS) is 11.2. The van der Waals surface area contributed by atoms with E-state index in [-0.39, 0.29) is 39.8 Å². The van der Waals surface area contributed by atoms with E-state index < -0.39 is 21.5 Å². The number of carbonyl (C=O) groups excluding carboxylic acids is 2. The first-order valence-electron chi connectivity index (χ1n) is 9.38. The van der Waals surface area contributed by atoms with E-state index in [0.717, 1.165) is 0 Å². The van der Waals surface area contributed by atoms with Crippen LogP contribution in [0.25, 0.3) is 0 Å². The van der Waals surface area contributed by atoms with Gasteiger partial charge in [0.2, 0.25) is 5.91 Å². The molecule has 0 saturated carbocycles. The molecule has 0 fully saturated rings. The van der Waals surface area contributed by atoms with Crippen LogP contribution in [-0.2, 0) is 20.4 Å². The number of hydrogen-bond acceptors (Lipinski definition) is 4. The number of carbonyl (C=O) groups is 2. The second-order valence-electron chi connectivity index (χ2n) is 6.87. The van der Waals surface area contributed by atoms with Crippen molar-refractivity contribution in [1.82, 2.24) is 0 Å². The molecule has 1 N–H and O–H groups in total. The van der Waals surface area contributed by atoms with E-state index in [4.69, 9.17) is 23.2 Å². The SMILES string of the molecule is O=C(CCS(=O)(=O)Cc1ccccc1)Nc1ccc(Cl)cc1C(=O)c1ccccc1Cl. The Bertz CT molecular complexity index is 1210. The first kappa shape index (κ1) is 23.0. The van der Waals surface area contributed by atoms with E-state index in [9.17, 15) is 18.0 Å². The summed E-state index contributed by atoms with van der Waals surface area (Å²) in [4.78, 5) is 25.4. The maximum Gasteiger partial charge on any atom is 0.225 e. The summed E-state index contributed by atoms with van der Waals surface area (Å²) in [6.45, 7) is 0. The molecule has 8 heteroatoms. The predicted molar refractivity (Wildman–Crippen MR) is 124 cm³/mol. The van der Waals surface area contributed by atoms with E-state index in [0.29, 0.717) is 10.6 Å². The van der Waals surface area contributed by atoms with Gasteiger partial charge in [-0.1, -0.05) is 65.7 Å². The minimum atomic E-state index is -3.47. The molecule has 3 aromatic carbocycles. The Labute approximate surface area is 190 Å². The van der Waals surface area contributed by atoms with E-state index >= 15 is 0 Å². The molecule has 0 aliphatic rings. The average molecular weight is 476 g/mol. The van der Waals surface area contributed by atoms with Crippen LogP contribution in [0, 0.1) is 0 Å². The van der Waals surface area contributed by atoms with E-state index in [1.54, 1.807) is 54.6 Å². The molecule has 1 amide bonds. The minimum Gasteiger partial charge on any atom is -0.325 e. The van der Waals surface area contributed by atoms with Crippen LogP contribution >= 0.6 is 23.2 Å². The number of nitrogens with one attached hydrogen (secondary N) is 1. The van der Waals surface area contributed by atoms with Gasteiger partial charge < -0.3 is 5.32 Å². The van der Waals surface area contributed by atoms with Gasteiger partial charge in [-0.3, -0.25) is 9.59 Å². The molecule has 0 bridgehead atoms. The van der Waals surface area contributed by atoms with Crippen molar-refractivity contribution in [1.29, 1.82) is 0 Å². The van der Waals surface area contributed by atoms with Crippen molar-refractivity contribution in [2.24, 2.45) is 0 Å². The van der Waals surface area contributed by atoms with E-state index in [1.807, 2.05) is 0 Å². The first-order valence-corrected chi connectivity index (χ1v) is 12.0. The third-order valence-electron chi connectivity index (χ3n) is 4.49. The van der Waals surface area contributed by atoms with Crippen molar-refractivity contribution in [3.8, 4) is 0 Å². The highest BCUT2D eigenvalue weighted by Crippen LogP contribution is 2.26. The second-order valence-corrected chi connectivity index (χ2v) is 9.90. The van der Waals surface area contributed by atoms with Gasteiger partial charge in [0.1, 0.15) is 0 Å². The van der Waals surface area contributed by atoms with Crippen molar-refractivity contribution < 1.29 is 18.0 Å². The van der Waals surface area contributed by atoms with Crippen LogP contribution in [0.2, 0.25) is 10.0 Å². The number of halogens is 2. The van der Waals surface area contributed by atoms with Crippen molar-refractivity contribution in [3.63, 3.8) is 0 Å². The van der Waals surface area contributed by atoms with Crippen LogP contribution in [0.3, 0.4) is 0 Å². The quantitative estimate of drug-likeness (QED) is 0.455. The van der Waals surface area contributed by atoms with Crippen LogP contribution in [0.1, 0.15) is 27.9 Å². The summed E-state index contributed by atoms with van der Waals surface area (Å²) in [5.41, 5.74) is 1.33. The molecule has 0 aliphatic carbocycles. The van der Waals surface area contributed by atoms with Gasteiger partial charge in [-0.15, -0.1) is 0 Å². The van der Waals surface area contributed by atoms with Gasteiger partial charge in [0.05, 0.1) is 22.2 Å². The molecule has 5 nitrogen and oxygen atoms in total. The molecule has 0 saturated heterocycles. The summed E-state index contributed by atoms with van der Waals surface area (Å²) in [6.07, 6.45) is -0.239. The summed E-state index contributed by atoms with van der Waals surface area (Å²) in [5.74, 6) is -1.37. The molecule has 31 heavy (non-hydrogen) atoms. The molecule has 0 aromatic heterocycles. The summed E-state index contributed by atoms with van der Waals surface area (Å²) < 4.78 is 24.7. The Morgan fingerprint density at radius 1 is 0.839 bits per heavy atom. The molecule has 3 aromatic rings. The molecule has 0 heterocycles. The lowest BCUT2D eigenvalue weighted by Gasteiger charge is -2.12. The van der Waals surface area contributed by atoms with Gasteiger partial charge in [0, 0.05) is 22.6 Å². The Morgan fingerprint density at radius 2 is 1.52 bits per heavy atom. The number of rotatable bonds is 8. The van der Waals surface area contributed by atoms with Crippen LogP contribution < -0.4 is 5.32 Å². The fraction of sp³-hybridized carbons (Fsp3) is 0.130. The Kier molecular flexibility index (Phi) is 7.49. The highest BCUT2D eigenvalue weighted by molar-refractivity contribution is 7.90. The monoisotopic (exact) mass is 475 g/mol. The van der Waals surface area contributed by atoms with Gasteiger partial charge in [0.25, 0.3) is 0 Å². The molecule has 0 radical (unpaired) electrons. The molecular weight excluding hydrogens is 457 g/mol. The predicted octanol–water partition coefficient (Wildman–Crippen LogP) is 5.17. The van der Waals surface area contributed by atoms with Gasteiger partial charge in [-0.05, 0) is 35.9 Å². The van der Waals surface area contributed by atoms with Crippen molar-refractivity contribution in [3.05, 3.63) is 99.5 Å². The number of anilines is 1. The van der Waals surface area contributed by atoms with E-state index in [2.05, 4.69) is 5.32 Å². The Hall–Kier alpha value is -2.67. The number of sulfone groups is 1. The van der Waals surface area contributed by atoms with Crippen molar-refractivity contribution in [2.45, 2.75) is 12.2 Å². The number of amides is 1. The van der Waals surface area contributed by atoms with Crippen LogP contribution in [0.5, 0.6) is 0 Å². The van der Waals surface area contributed by atoms with Crippen LogP contribution in [0.15, 0.2) is 72.8 Å². The van der Waals surface area contributed by atoms with E-state index in [1.165, 1.54) is 18.2 Å². The third-order valence-corrected chi connectivity index (χ3v) is 6.65. The van der Waals surface area contributed by atoms with Crippen LogP contribution in [0.4, 0.5) is 5.69 Å². The largest absolute Gasteiger partial charge is 0.325 e. The third kappa shape index (κ3) is 6.40. The molecular formula is C23H19Cl2NO4S. The summed E-state index contributed by atoms with van der Waals surface area (Å²) in [5, 5.41) is 3.21. The lowest BCUT2D eigenvalue weighted by molar-refractivity contribution is -0.115. The van der Waals surface area contributed by atoms with Gasteiger partial charge >= 0.3 is 0 Å². The zero-order chi connectivity index (χ0) is 22.4. The molecule has 3 rings (SSSR count). The zero-order valence-corrected chi connectivity index (χ0v) is 18.7. The highest BCUT2D eigenvalue weighted by atomic mass is 35.5. The fourth-order valence-corrected chi connectivity index (χ4v) is 4.70.